The molecule has 0 bridgehead atoms. The second-order valence-electron chi connectivity index (χ2n) is 7.32. The minimum absolute atomic E-state index is 0.990. The summed E-state index contributed by atoms with van der Waals surface area (Å²) in [7, 11) is -0.990. The van der Waals surface area contributed by atoms with Gasteiger partial charge in [0.15, 0.2) is 0 Å². The molecule has 0 heterocycles. The Bertz CT molecular complexity index is 188. The van der Waals surface area contributed by atoms with E-state index in [1.165, 1.54) is 70.6 Å². The van der Waals surface area contributed by atoms with E-state index in [1.54, 1.807) is 12.3 Å². The normalized spacial score (nSPS) is 14.4. The Morgan fingerprint density at radius 1 is 0.650 bits per heavy atom. The Hall–Kier alpha value is 0.430. The van der Waals surface area contributed by atoms with Gasteiger partial charge in [-0.1, -0.05) is 0 Å². The van der Waals surface area contributed by atoms with Crippen LogP contribution in [0.1, 0.15) is 98.3 Å². The molecule has 0 nitrogen and oxygen atoms in total. The topological polar surface area (TPSA) is 0 Å². The molecule has 0 aromatic rings. The first-order chi connectivity index (χ1) is 9.60. The van der Waals surface area contributed by atoms with E-state index >= 15 is 0 Å². The van der Waals surface area contributed by atoms with E-state index in [9.17, 15) is 0 Å². The third-order valence-electron chi connectivity index (χ3n) is 5.38. The Morgan fingerprint density at radius 3 is 1.50 bits per heavy atom. The van der Waals surface area contributed by atoms with Crippen LogP contribution in [0.15, 0.2) is 0 Å². The molecule has 1 atom stereocenters. The molecule has 0 aromatic carbocycles. The SMILES string of the molecule is CCCCCC[PH](C)(CCCCCC)C(C)CCCC. The van der Waals surface area contributed by atoms with Crippen molar-refractivity contribution >= 4 is 7.26 Å². The van der Waals surface area contributed by atoms with E-state index in [0.717, 1.165) is 5.66 Å². The number of hydrogen-bond acceptors (Lipinski definition) is 0. The van der Waals surface area contributed by atoms with Crippen molar-refractivity contribution < 1.29 is 0 Å². The molecule has 20 heavy (non-hydrogen) atoms. The van der Waals surface area contributed by atoms with Crippen molar-refractivity contribution in [2.75, 3.05) is 19.0 Å². The van der Waals surface area contributed by atoms with Gasteiger partial charge in [-0.2, -0.15) is 0 Å². The summed E-state index contributed by atoms with van der Waals surface area (Å²) in [5.41, 5.74) is 1.05. The van der Waals surface area contributed by atoms with E-state index in [-0.39, 0.29) is 0 Å². The van der Waals surface area contributed by atoms with Crippen molar-refractivity contribution in [3.05, 3.63) is 0 Å². The molecule has 0 aliphatic rings. The standard InChI is InChI=1S/C19H43P/c1-6-9-12-14-17-20(5,18-15-13-10-7-2)19(4)16-11-8-3/h19-20H,6-18H2,1-5H3. The summed E-state index contributed by atoms with van der Waals surface area (Å²) in [5.74, 6) is 0. The zero-order valence-electron chi connectivity index (χ0n) is 15.3. The van der Waals surface area contributed by atoms with Gasteiger partial charge in [0, 0.05) is 0 Å². The van der Waals surface area contributed by atoms with Gasteiger partial charge in [-0.25, -0.2) is 0 Å². The first kappa shape index (κ1) is 20.4. The van der Waals surface area contributed by atoms with Crippen LogP contribution in [0, 0.1) is 0 Å². The van der Waals surface area contributed by atoms with Crippen LogP contribution >= 0.6 is 7.26 Å². The van der Waals surface area contributed by atoms with Gasteiger partial charge in [0.1, 0.15) is 0 Å². The maximum atomic E-state index is 2.73. The molecule has 0 aliphatic carbocycles. The molecule has 0 radical (unpaired) electrons. The Kier molecular flexibility index (Phi) is 13.4. The molecular formula is C19H43P. The number of rotatable bonds is 14. The summed E-state index contributed by atoms with van der Waals surface area (Å²) in [6.07, 6.45) is 19.2. The Morgan fingerprint density at radius 2 is 1.10 bits per heavy atom. The number of hydrogen-bond donors (Lipinski definition) is 0. The maximum absolute atomic E-state index is 2.73. The van der Waals surface area contributed by atoms with Gasteiger partial charge in [-0.05, 0) is 0 Å². The third-order valence-corrected chi connectivity index (χ3v) is 11.0. The van der Waals surface area contributed by atoms with Gasteiger partial charge in [0.25, 0.3) is 0 Å². The molecule has 0 spiro atoms. The fourth-order valence-corrected chi connectivity index (χ4v) is 7.64. The van der Waals surface area contributed by atoms with Crippen LogP contribution in [-0.4, -0.2) is 24.6 Å². The average molecular weight is 303 g/mol. The summed E-state index contributed by atoms with van der Waals surface area (Å²) in [4.78, 5) is 0. The molecule has 0 amide bonds. The molecule has 0 N–H and O–H groups in total. The molecular weight excluding hydrogens is 259 g/mol. The second-order valence-corrected chi connectivity index (χ2v) is 12.6. The van der Waals surface area contributed by atoms with Crippen LogP contribution in [-0.2, 0) is 0 Å². The van der Waals surface area contributed by atoms with Gasteiger partial charge >= 0.3 is 130 Å². The van der Waals surface area contributed by atoms with E-state index < -0.39 is 7.26 Å². The molecule has 0 aliphatic heterocycles. The van der Waals surface area contributed by atoms with E-state index in [0.29, 0.717) is 0 Å². The zero-order chi connectivity index (χ0) is 15.3. The van der Waals surface area contributed by atoms with E-state index in [4.69, 9.17) is 0 Å². The van der Waals surface area contributed by atoms with Crippen LogP contribution in [0.2, 0.25) is 0 Å². The molecule has 1 unspecified atom stereocenters. The summed E-state index contributed by atoms with van der Waals surface area (Å²) < 4.78 is 0. The summed E-state index contributed by atoms with van der Waals surface area (Å²) >= 11 is 0. The monoisotopic (exact) mass is 302 g/mol. The summed E-state index contributed by atoms with van der Waals surface area (Å²) in [6, 6.07) is 0. The summed E-state index contributed by atoms with van der Waals surface area (Å²) in [6.45, 7) is 12.3. The van der Waals surface area contributed by atoms with Gasteiger partial charge in [0.05, 0.1) is 0 Å². The molecule has 0 aromatic heterocycles. The van der Waals surface area contributed by atoms with Crippen LogP contribution in [0.3, 0.4) is 0 Å². The first-order valence-corrected chi connectivity index (χ1v) is 12.6. The van der Waals surface area contributed by atoms with Crippen LogP contribution in [0.25, 0.3) is 0 Å². The molecule has 0 fully saturated rings. The van der Waals surface area contributed by atoms with Gasteiger partial charge in [-0.3, -0.25) is 0 Å². The van der Waals surface area contributed by atoms with Gasteiger partial charge in [0.2, 0.25) is 0 Å². The molecule has 124 valence electrons. The fourth-order valence-electron chi connectivity index (χ4n) is 3.39. The van der Waals surface area contributed by atoms with E-state index in [2.05, 4.69) is 34.4 Å². The van der Waals surface area contributed by atoms with Crippen LogP contribution < -0.4 is 0 Å². The van der Waals surface area contributed by atoms with Crippen molar-refractivity contribution in [1.82, 2.24) is 0 Å². The van der Waals surface area contributed by atoms with Crippen molar-refractivity contribution in [3.8, 4) is 0 Å². The Balaban J connectivity index is 4.25. The van der Waals surface area contributed by atoms with Crippen LogP contribution in [0.5, 0.6) is 0 Å². The first-order valence-electron chi connectivity index (χ1n) is 9.60. The molecule has 1 heteroatoms. The van der Waals surface area contributed by atoms with Gasteiger partial charge < -0.3 is 0 Å². The van der Waals surface area contributed by atoms with Crippen molar-refractivity contribution in [3.63, 3.8) is 0 Å². The minimum atomic E-state index is -0.990. The zero-order valence-corrected chi connectivity index (χ0v) is 16.3. The molecule has 0 rings (SSSR count). The molecule has 0 saturated carbocycles. The third kappa shape index (κ3) is 9.38. The van der Waals surface area contributed by atoms with E-state index in [1.807, 2.05) is 0 Å². The predicted molar refractivity (Wildman–Crippen MR) is 101 cm³/mol. The fraction of sp³-hybridized carbons (Fsp3) is 1.00. The average Bonchev–Trinajstić information content (AvgIpc) is 2.45. The second kappa shape index (κ2) is 13.1. The quantitative estimate of drug-likeness (QED) is 0.237. The predicted octanol–water partition coefficient (Wildman–Crippen LogP) is 7.11. The van der Waals surface area contributed by atoms with Crippen molar-refractivity contribution in [2.45, 2.75) is 104 Å². The molecule has 0 saturated heterocycles. The summed E-state index contributed by atoms with van der Waals surface area (Å²) in [5, 5.41) is 0. The Labute approximate surface area is 130 Å². The van der Waals surface area contributed by atoms with Crippen LogP contribution in [0.4, 0.5) is 0 Å². The van der Waals surface area contributed by atoms with Gasteiger partial charge in [-0.15, -0.1) is 0 Å². The van der Waals surface area contributed by atoms with Crippen molar-refractivity contribution in [2.24, 2.45) is 0 Å². The van der Waals surface area contributed by atoms with Crippen molar-refractivity contribution in [1.29, 1.82) is 0 Å². The number of unbranched alkanes of at least 4 members (excludes halogenated alkanes) is 7.